The smallest absolute Gasteiger partial charge is 0.255 e. The number of hydrogen-bond acceptors (Lipinski definition) is 4. The van der Waals surface area contributed by atoms with Gasteiger partial charge < -0.3 is 10.2 Å². The maximum atomic E-state index is 12.7. The Bertz CT molecular complexity index is 935. The Balaban J connectivity index is 2.42. The van der Waals surface area contributed by atoms with Crippen molar-refractivity contribution in [3.05, 3.63) is 53.1 Å². The largest absolute Gasteiger partial charge is 0.378 e. The van der Waals surface area contributed by atoms with E-state index >= 15 is 0 Å². The fourth-order valence-electron chi connectivity index (χ4n) is 2.44. The Hall–Kier alpha value is -2.38. The number of benzene rings is 2. The molecule has 2 aromatic rings. The first-order valence-corrected chi connectivity index (χ1v) is 9.60. The Morgan fingerprint density at radius 3 is 2.23 bits per heavy atom. The molecule has 0 aromatic heterocycles. The second-order valence-electron chi connectivity index (χ2n) is 6.60. The molecule has 0 atom stereocenters. The Morgan fingerprint density at radius 1 is 1.00 bits per heavy atom. The molecule has 7 heteroatoms. The van der Waals surface area contributed by atoms with Crippen molar-refractivity contribution in [2.75, 3.05) is 38.4 Å². The number of nitrogens with one attached hydrogen (secondary N) is 1. The second kappa shape index (κ2) is 7.47. The number of nitrogens with zero attached hydrogens (tertiary/aromatic N) is 2. The minimum Gasteiger partial charge on any atom is -0.378 e. The first-order chi connectivity index (χ1) is 12.0. The van der Waals surface area contributed by atoms with Crippen LogP contribution in [0, 0.1) is 13.8 Å². The molecule has 0 aliphatic heterocycles. The highest BCUT2D eigenvalue weighted by molar-refractivity contribution is 7.89. The molecule has 0 saturated heterocycles. The highest BCUT2D eigenvalue weighted by Gasteiger charge is 2.20. The predicted octanol–water partition coefficient (Wildman–Crippen LogP) is 2.87. The molecule has 2 aromatic carbocycles. The number of anilines is 2. The summed E-state index contributed by atoms with van der Waals surface area (Å²) in [5.41, 5.74) is 3.54. The Morgan fingerprint density at radius 2 is 1.65 bits per heavy atom. The third kappa shape index (κ3) is 4.05. The van der Waals surface area contributed by atoms with Gasteiger partial charge in [-0.25, -0.2) is 12.7 Å². The van der Waals surface area contributed by atoms with Gasteiger partial charge in [0.25, 0.3) is 5.91 Å². The van der Waals surface area contributed by atoms with Gasteiger partial charge in [0.2, 0.25) is 10.0 Å². The zero-order chi connectivity index (χ0) is 19.6. The van der Waals surface area contributed by atoms with Crippen LogP contribution in [0.1, 0.15) is 21.5 Å². The van der Waals surface area contributed by atoms with Crippen molar-refractivity contribution < 1.29 is 13.2 Å². The van der Waals surface area contributed by atoms with Gasteiger partial charge in [0, 0.05) is 45.1 Å². The minimum atomic E-state index is -3.58. The van der Waals surface area contributed by atoms with Crippen LogP contribution in [0.5, 0.6) is 0 Å². The summed E-state index contributed by atoms with van der Waals surface area (Å²) in [4.78, 5) is 14.7. The molecular weight excluding hydrogens is 350 g/mol. The van der Waals surface area contributed by atoms with E-state index in [1.54, 1.807) is 18.2 Å². The normalized spacial score (nSPS) is 11.5. The van der Waals surface area contributed by atoms with E-state index in [4.69, 9.17) is 0 Å². The topological polar surface area (TPSA) is 69.7 Å². The molecule has 6 nitrogen and oxygen atoms in total. The van der Waals surface area contributed by atoms with Crippen molar-refractivity contribution in [3.8, 4) is 0 Å². The molecule has 140 valence electrons. The molecule has 0 aliphatic carbocycles. The number of aryl methyl sites for hydroxylation is 1. The SMILES string of the molecule is Cc1cc(S(=O)(=O)N(C)C)cc(NC(=O)c2cccc(N(C)C)c2)c1C. The molecule has 0 bridgehead atoms. The first-order valence-electron chi connectivity index (χ1n) is 8.16. The molecule has 0 saturated carbocycles. The average molecular weight is 375 g/mol. The monoisotopic (exact) mass is 375 g/mol. The van der Waals surface area contributed by atoms with E-state index in [0.29, 0.717) is 11.3 Å². The van der Waals surface area contributed by atoms with Crippen molar-refractivity contribution in [3.63, 3.8) is 0 Å². The van der Waals surface area contributed by atoms with Crippen LogP contribution in [0.15, 0.2) is 41.3 Å². The van der Waals surface area contributed by atoms with E-state index in [9.17, 15) is 13.2 Å². The molecule has 0 fully saturated rings. The van der Waals surface area contributed by atoms with Crippen LogP contribution in [0.25, 0.3) is 0 Å². The van der Waals surface area contributed by atoms with Gasteiger partial charge in [0.1, 0.15) is 0 Å². The van der Waals surface area contributed by atoms with Gasteiger partial charge in [-0.1, -0.05) is 6.07 Å². The molecule has 1 N–H and O–H groups in total. The first kappa shape index (κ1) is 19.9. The van der Waals surface area contributed by atoms with Crippen molar-refractivity contribution in [1.29, 1.82) is 0 Å². The predicted molar refractivity (Wildman–Crippen MR) is 106 cm³/mol. The summed E-state index contributed by atoms with van der Waals surface area (Å²) in [5.74, 6) is -0.282. The van der Waals surface area contributed by atoms with E-state index in [1.807, 2.05) is 45.0 Å². The fraction of sp³-hybridized carbons (Fsp3) is 0.316. The van der Waals surface area contributed by atoms with E-state index in [-0.39, 0.29) is 10.8 Å². The van der Waals surface area contributed by atoms with Crippen LogP contribution in [-0.4, -0.2) is 46.8 Å². The maximum Gasteiger partial charge on any atom is 0.255 e. The lowest BCUT2D eigenvalue weighted by Crippen LogP contribution is -2.23. The number of carbonyl (C=O) groups excluding carboxylic acids is 1. The summed E-state index contributed by atoms with van der Waals surface area (Å²) in [6.07, 6.45) is 0. The lowest BCUT2D eigenvalue weighted by molar-refractivity contribution is 0.102. The van der Waals surface area contributed by atoms with Crippen molar-refractivity contribution >= 4 is 27.3 Å². The summed E-state index contributed by atoms with van der Waals surface area (Å²) >= 11 is 0. The number of sulfonamides is 1. The molecule has 26 heavy (non-hydrogen) atoms. The van der Waals surface area contributed by atoms with E-state index in [0.717, 1.165) is 21.1 Å². The van der Waals surface area contributed by atoms with Crippen LogP contribution in [0.3, 0.4) is 0 Å². The van der Waals surface area contributed by atoms with Crippen LogP contribution in [0.2, 0.25) is 0 Å². The van der Waals surface area contributed by atoms with Crippen molar-refractivity contribution in [2.45, 2.75) is 18.7 Å². The van der Waals surface area contributed by atoms with E-state index in [1.165, 1.54) is 20.2 Å². The highest BCUT2D eigenvalue weighted by Crippen LogP contribution is 2.26. The molecule has 2 rings (SSSR count). The Kier molecular flexibility index (Phi) is 5.73. The fourth-order valence-corrected chi connectivity index (χ4v) is 3.45. The number of amides is 1. The van der Waals surface area contributed by atoms with Gasteiger partial charge in [-0.05, 0) is 55.3 Å². The zero-order valence-electron chi connectivity index (χ0n) is 16.0. The Labute approximate surface area is 155 Å². The zero-order valence-corrected chi connectivity index (χ0v) is 16.8. The number of carbonyl (C=O) groups is 1. The maximum absolute atomic E-state index is 12.7. The summed E-state index contributed by atoms with van der Waals surface area (Å²) in [6, 6.07) is 10.4. The molecule has 0 heterocycles. The molecule has 0 spiro atoms. The molecule has 1 amide bonds. The summed E-state index contributed by atoms with van der Waals surface area (Å²) in [5, 5.41) is 2.84. The van der Waals surface area contributed by atoms with Gasteiger partial charge in [0.15, 0.2) is 0 Å². The molecular formula is C19H25N3O3S. The number of hydrogen-bond donors (Lipinski definition) is 1. The third-order valence-corrected chi connectivity index (χ3v) is 6.09. The van der Waals surface area contributed by atoms with E-state index < -0.39 is 10.0 Å². The number of rotatable bonds is 5. The third-order valence-electron chi connectivity index (χ3n) is 4.29. The van der Waals surface area contributed by atoms with Crippen molar-refractivity contribution in [2.24, 2.45) is 0 Å². The lowest BCUT2D eigenvalue weighted by atomic mass is 10.1. The average Bonchev–Trinajstić information content (AvgIpc) is 2.58. The van der Waals surface area contributed by atoms with Crippen LogP contribution < -0.4 is 10.2 Å². The summed E-state index contributed by atoms with van der Waals surface area (Å²) in [7, 11) is 3.19. The van der Waals surface area contributed by atoms with Gasteiger partial charge in [-0.2, -0.15) is 0 Å². The lowest BCUT2D eigenvalue weighted by Gasteiger charge is -2.17. The molecule has 0 aliphatic rings. The summed E-state index contributed by atoms with van der Waals surface area (Å²) < 4.78 is 26.0. The van der Waals surface area contributed by atoms with Crippen LogP contribution >= 0.6 is 0 Å². The second-order valence-corrected chi connectivity index (χ2v) is 8.75. The molecule has 0 unspecified atom stereocenters. The standard InChI is InChI=1S/C19H25N3O3S/c1-13-10-17(26(24,25)22(5)6)12-18(14(13)2)20-19(23)15-8-7-9-16(11-15)21(3)4/h7-12H,1-6H3,(H,20,23). The summed E-state index contributed by atoms with van der Waals surface area (Å²) in [6.45, 7) is 3.68. The van der Waals surface area contributed by atoms with Gasteiger partial charge in [-0.3, -0.25) is 4.79 Å². The van der Waals surface area contributed by atoms with Crippen molar-refractivity contribution in [1.82, 2.24) is 4.31 Å². The van der Waals surface area contributed by atoms with E-state index in [2.05, 4.69) is 5.32 Å². The van der Waals surface area contributed by atoms with Gasteiger partial charge >= 0.3 is 0 Å². The molecule has 0 radical (unpaired) electrons. The minimum absolute atomic E-state index is 0.156. The van der Waals surface area contributed by atoms with Crippen LogP contribution in [0.4, 0.5) is 11.4 Å². The van der Waals surface area contributed by atoms with Gasteiger partial charge in [-0.15, -0.1) is 0 Å². The van der Waals surface area contributed by atoms with Crippen LogP contribution in [-0.2, 0) is 10.0 Å². The van der Waals surface area contributed by atoms with Gasteiger partial charge in [0.05, 0.1) is 4.90 Å². The highest BCUT2D eigenvalue weighted by atomic mass is 32.2. The quantitative estimate of drug-likeness (QED) is 0.872.